The summed E-state index contributed by atoms with van der Waals surface area (Å²) in [7, 11) is 0. The van der Waals surface area contributed by atoms with Crippen LogP contribution in [0.15, 0.2) is 6.20 Å². The Morgan fingerprint density at radius 1 is 1.67 bits per heavy atom. The van der Waals surface area contributed by atoms with E-state index in [1.165, 1.54) is 6.92 Å². The molecule has 0 saturated carbocycles. The number of ketones is 1. The minimum absolute atomic E-state index is 0.0370. The van der Waals surface area contributed by atoms with Crippen LogP contribution < -0.4 is 0 Å². The Morgan fingerprint density at radius 2 is 2.33 bits per heavy atom. The van der Waals surface area contributed by atoms with E-state index in [0.717, 1.165) is 6.54 Å². The number of carbonyl (C=O) groups is 1. The number of Topliss-reactive ketones (excluding diaryl/α,β-unsaturated/α-hetero) is 1. The molecule has 12 heavy (non-hydrogen) atoms. The predicted molar refractivity (Wildman–Crippen MR) is 44.9 cm³/mol. The van der Waals surface area contributed by atoms with Crippen LogP contribution >= 0.6 is 0 Å². The van der Waals surface area contributed by atoms with Crippen LogP contribution in [0.3, 0.4) is 0 Å². The second-order valence-electron chi connectivity index (χ2n) is 3.28. The number of aromatic nitrogens is 3. The average Bonchev–Trinajstić information content (AvgIpc) is 2.34. The SMILES string of the molecule is CC(=O)c1cn(CC(C)C)nn1. The highest BCUT2D eigenvalue weighted by atomic mass is 16.1. The summed E-state index contributed by atoms with van der Waals surface area (Å²) in [6.07, 6.45) is 1.68. The van der Waals surface area contributed by atoms with E-state index in [1.807, 2.05) is 0 Å². The van der Waals surface area contributed by atoms with E-state index in [2.05, 4.69) is 24.2 Å². The van der Waals surface area contributed by atoms with E-state index < -0.39 is 0 Å². The molecule has 0 radical (unpaired) electrons. The van der Waals surface area contributed by atoms with Gasteiger partial charge in [0.2, 0.25) is 0 Å². The summed E-state index contributed by atoms with van der Waals surface area (Å²) in [5.41, 5.74) is 0.440. The number of rotatable bonds is 3. The van der Waals surface area contributed by atoms with Crippen molar-refractivity contribution in [3.63, 3.8) is 0 Å². The topological polar surface area (TPSA) is 47.8 Å². The lowest BCUT2D eigenvalue weighted by Crippen LogP contribution is -2.04. The molecule has 0 unspecified atom stereocenters. The Balaban J connectivity index is 2.71. The lowest BCUT2D eigenvalue weighted by atomic mass is 10.2. The van der Waals surface area contributed by atoms with Crippen molar-refractivity contribution in [3.8, 4) is 0 Å². The molecule has 1 heterocycles. The maximum Gasteiger partial charge on any atom is 0.181 e. The molecule has 0 saturated heterocycles. The molecule has 0 aliphatic rings. The predicted octanol–water partition coefficient (Wildman–Crippen LogP) is 1.14. The molecule has 4 heteroatoms. The molecule has 1 aromatic rings. The first kappa shape index (κ1) is 8.90. The summed E-state index contributed by atoms with van der Waals surface area (Å²) in [6.45, 7) is 6.48. The minimum Gasteiger partial charge on any atom is -0.293 e. The average molecular weight is 167 g/mol. The summed E-state index contributed by atoms with van der Waals surface area (Å²) in [5, 5.41) is 7.56. The Labute approximate surface area is 71.6 Å². The van der Waals surface area contributed by atoms with Gasteiger partial charge in [0.25, 0.3) is 0 Å². The summed E-state index contributed by atoms with van der Waals surface area (Å²) in [5.74, 6) is 0.483. The Kier molecular flexibility index (Phi) is 2.58. The maximum atomic E-state index is 10.8. The molecule has 0 aromatic carbocycles. The van der Waals surface area contributed by atoms with E-state index in [9.17, 15) is 4.79 Å². The molecular formula is C8H13N3O. The van der Waals surface area contributed by atoms with Crippen molar-refractivity contribution < 1.29 is 4.79 Å². The molecule has 0 bridgehead atoms. The van der Waals surface area contributed by atoms with Gasteiger partial charge in [0, 0.05) is 13.5 Å². The number of nitrogens with zero attached hydrogens (tertiary/aromatic N) is 3. The summed E-state index contributed by atoms with van der Waals surface area (Å²) in [6, 6.07) is 0. The molecule has 0 amide bonds. The van der Waals surface area contributed by atoms with Crippen LogP contribution in [0.5, 0.6) is 0 Å². The van der Waals surface area contributed by atoms with E-state index in [1.54, 1.807) is 10.9 Å². The van der Waals surface area contributed by atoms with Crippen molar-refractivity contribution in [2.45, 2.75) is 27.3 Å². The van der Waals surface area contributed by atoms with Crippen LogP contribution in [0, 0.1) is 5.92 Å². The van der Waals surface area contributed by atoms with Crippen LogP contribution in [0.25, 0.3) is 0 Å². The largest absolute Gasteiger partial charge is 0.293 e. The summed E-state index contributed by atoms with van der Waals surface area (Å²) < 4.78 is 1.70. The van der Waals surface area contributed by atoms with E-state index >= 15 is 0 Å². The van der Waals surface area contributed by atoms with Crippen molar-refractivity contribution in [1.29, 1.82) is 0 Å². The Bertz CT molecular complexity index is 278. The highest BCUT2D eigenvalue weighted by Gasteiger charge is 2.05. The molecule has 1 aromatic heterocycles. The van der Waals surface area contributed by atoms with Crippen LogP contribution in [0.4, 0.5) is 0 Å². The van der Waals surface area contributed by atoms with Crippen LogP contribution in [0.2, 0.25) is 0 Å². The molecule has 4 nitrogen and oxygen atoms in total. The van der Waals surface area contributed by atoms with Crippen LogP contribution in [0.1, 0.15) is 31.3 Å². The molecular weight excluding hydrogens is 154 g/mol. The molecule has 0 atom stereocenters. The summed E-state index contributed by atoms with van der Waals surface area (Å²) >= 11 is 0. The van der Waals surface area contributed by atoms with Gasteiger partial charge >= 0.3 is 0 Å². The summed E-state index contributed by atoms with van der Waals surface area (Å²) in [4.78, 5) is 10.8. The van der Waals surface area contributed by atoms with Crippen molar-refractivity contribution in [1.82, 2.24) is 15.0 Å². The van der Waals surface area contributed by atoms with Gasteiger partial charge in [0.1, 0.15) is 5.69 Å². The quantitative estimate of drug-likeness (QED) is 0.634. The number of hydrogen-bond donors (Lipinski definition) is 0. The van der Waals surface area contributed by atoms with E-state index in [0.29, 0.717) is 11.6 Å². The number of carbonyl (C=O) groups excluding carboxylic acids is 1. The second-order valence-corrected chi connectivity index (χ2v) is 3.28. The van der Waals surface area contributed by atoms with Gasteiger partial charge in [-0.1, -0.05) is 19.1 Å². The lowest BCUT2D eigenvalue weighted by Gasteiger charge is -2.01. The Morgan fingerprint density at radius 3 is 2.75 bits per heavy atom. The van der Waals surface area contributed by atoms with Crippen molar-refractivity contribution >= 4 is 5.78 Å². The van der Waals surface area contributed by atoms with Crippen molar-refractivity contribution in [2.24, 2.45) is 5.92 Å². The zero-order valence-electron chi connectivity index (χ0n) is 7.61. The molecule has 66 valence electrons. The molecule has 0 fully saturated rings. The standard InChI is InChI=1S/C8H13N3O/c1-6(2)4-11-5-8(7(3)12)9-10-11/h5-6H,4H2,1-3H3. The van der Waals surface area contributed by atoms with Gasteiger partial charge in [0.05, 0.1) is 6.20 Å². The number of hydrogen-bond acceptors (Lipinski definition) is 3. The molecule has 1 rings (SSSR count). The van der Waals surface area contributed by atoms with E-state index in [-0.39, 0.29) is 5.78 Å². The monoisotopic (exact) mass is 167 g/mol. The van der Waals surface area contributed by atoms with Gasteiger partial charge in [-0.25, -0.2) is 0 Å². The first-order chi connectivity index (χ1) is 5.59. The highest BCUT2D eigenvalue weighted by molar-refractivity contribution is 5.91. The zero-order chi connectivity index (χ0) is 9.14. The van der Waals surface area contributed by atoms with Crippen molar-refractivity contribution in [3.05, 3.63) is 11.9 Å². The first-order valence-electron chi connectivity index (χ1n) is 4.00. The van der Waals surface area contributed by atoms with Gasteiger partial charge in [-0.2, -0.15) is 0 Å². The van der Waals surface area contributed by atoms with Crippen molar-refractivity contribution in [2.75, 3.05) is 0 Å². The maximum absolute atomic E-state index is 10.8. The third-order valence-corrected chi connectivity index (χ3v) is 1.45. The van der Waals surface area contributed by atoms with Gasteiger partial charge < -0.3 is 0 Å². The fraction of sp³-hybridized carbons (Fsp3) is 0.625. The fourth-order valence-corrected chi connectivity index (χ4v) is 0.923. The molecule has 0 aliphatic carbocycles. The minimum atomic E-state index is -0.0370. The smallest absolute Gasteiger partial charge is 0.181 e. The lowest BCUT2D eigenvalue weighted by molar-refractivity contribution is 0.101. The molecule has 0 spiro atoms. The van der Waals surface area contributed by atoms with Crippen LogP contribution in [-0.2, 0) is 6.54 Å². The highest BCUT2D eigenvalue weighted by Crippen LogP contribution is 1.99. The molecule has 0 aliphatic heterocycles. The third kappa shape index (κ3) is 2.15. The third-order valence-electron chi connectivity index (χ3n) is 1.45. The second kappa shape index (κ2) is 3.47. The van der Waals surface area contributed by atoms with Crippen LogP contribution in [-0.4, -0.2) is 20.8 Å². The van der Waals surface area contributed by atoms with Gasteiger partial charge in [-0.15, -0.1) is 5.10 Å². The normalized spacial score (nSPS) is 10.7. The zero-order valence-corrected chi connectivity index (χ0v) is 7.61. The fourth-order valence-electron chi connectivity index (χ4n) is 0.923. The Hall–Kier alpha value is -1.19. The van der Waals surface area contributed by atoms with Gasteiger partial charge in [-0.3, -0.25) is 9.48 Å². The van der Waals surface area contributed by atoms with Gasteiger partial charge in [-0.05, 0) is 5.92 Å². The molecule has 0 N–H and O–H groups in total. The first-order valence-corrected chi connectivity index (χ1v) is 4.00. The van der Waals surface area contributed by atoms with E-state index in [4.69, 9.17) is 0 Å². The van der Waals surface area contributed by atoms with Gasteiger partial charge in [0.15, 0.2) is 5.78 Å².